The van der Waals surface area contributed by atoms with Gasteiger partial charge >= 0.3 is 5.97 Å². The lowest BCUT2D eigenvalue weighted by atomic mass is 10.3. The van der Waals surface area contributed by atoms with Gasteiger partial charge in [0.25, 0.3) is 0 Å². The van der Waals surface area contributed by atoms with Crippen molar-refractivity contribution in [2.24, 2.45) is 10.2 Å². The summed E-state index contributed by atoms with van der Waals surface area (Å²) in [4.78, 5) is 16.4. The molecule has 2 heterocycles. The van der Waals surface area contributed by atoms with E-state index in [2.05, 4.69) is 15.2 Å². The summed E-state index contributed by atoms with van der Waals surface area (Å²) in [5.41, 5.74) is 2.97. The number of carbonyl (C=O) groups excluding carboxylic acids is 1. The summed E-state index contributed by atoms with van der Waals surface area (Å²) in [6, 6.07) is 11.1. The summed E-state index contributed by atoms with van der Waals surface area (Å²) in [6.45, 7) is 4.08. The van der Waals surface area contributed by atoms with Crippen LogP contribution < -0.4 is 4.74 Å². The fourth-order valence-electron chi connectivity index (χ4n) is 2.51. The van der Waals surface area contributed by atoms with Gasteiger partial charge in [-0.05, 0) is 49.7 Å². The molecule has 1 aromatic carbocycles. The monoisotopic (exact) mass is 352 g/mol. The van der Waals surface area contributed by atoms with E-state index >= 15 is 0 Å². The second kappa shape index (κ2) is 7.77. The summed E-state index contributed by atoms with van der Waals surface area (Å²) < 4.78 is 12.0. The van der Waals surface area contributed by atoms with Crippen molar-refractivity contribution in [2.75, 3.05) is 13.7 Å². The molecule has 0 unspecified atom stereocenters. The van der Waals surface area contributed by atoms with Crippen molar-refractivity contribution in [3.63, 3.8) is 0 Å². The number of imidazole rings is 1. The summed E-state index contributed by atoms with van der Waals surface area (Å²) in [6.07, 6.45) is 1.96. The third-order valence-electron chi connectivity index (χ3n) is 3.76. The molecule has 0 amide bonds. The van der Waals surface area contributed by atoms with E-state index in [1.807, 2.05) is 53.9 Å². The van der Waals surface area contributed by atoms with Crippen molar-refractivity contribution in [3.8, 4) is 5.75 Å². The lowest BCUT2D eigenvalue weighted by molar-refractivity contribution is -0.142. The maximum atomic E-state index is 11.9. The van der Waals surface area contributed by atoms with Crippen LogP contribution >= 0.6 is 0 Å². The number of nitrogens with zero attached hydrogens (tertiary/aromatic N) is 4. The normalized spacial score (nSPS) is 11.2. The van der Waals surface area contributed by atoms with E-state index in [0.29, 0.717) is 29.5 Å². The van der Waals surface area contributed by atoms with Gasteiger partial charge in [-0.2, -0.15) is 0 Å². The first kappa shape index (κ1) is 17.6. The highest BCUT2D eigenvalue weighted by molar-refractivity contribution is 5.74. The molecule has 26 heavy (non-hydrogen) atoms. The van der Waals surface area contributed by atoms with Gasteiger partial charge < -0.3 is 9.47 Å². The number of hydrogen-bond donors (Lipinski definition) is 0. The molecule has 0 saturated heterocycles. The Morgan fingerprint density at radius 3 is 2.62 bits per heavy atom. The molecular formula is C19H20N4O3. The minimum atomic E-state index is -0.339. The van der Waals surface area contributed by atoms with Crippen LogP contribution in [0.25, 0.3) is 5.65 Å². The largest absolute Gasteiger partial charge is 0.497 e. The maximum absolute atomic E-state index is 11.9. The van der Waals surface area contributed by atoms with Crippen LogP contribution in [-0.2, 0) is 16.0 Å². The van der Waals surface area contributed by atoms with Gasteiger partial charge in [0, 0.05) is 6.20 Å². The summed E-state index contributed by atoms with van der Waals surface area (Å²) >= 11 is 0. The Morgan fingerprint density at radius 1 is 1.15 bits per heavy atom. The van der Waals surface area contributed by atoms with E-state index < -0.39 is 0 Å². The molecule has 0 aliphatic carbocycles. The molecule has 0 atom stereocenters. The van der Waals surface area contributed by atoms with Gasteiger partial charge in [0.1, 0.15) is 11.4 Å². The number of aryl methyl sites for hydroxylation is 1. The van der Waals surface area contributed by atoms with Crippen LogP contribution in [0.1, 0.15) is 18.2 Å². The van der Waals surface area contributed by atoms with Crippen molar-refractivity contribution < 1.29 is 14.3 Å². The number of fused-ring (bicyclic) bond motifs is 1. The molecule has 0 N–H and O–H groups in total. The predicted octanol–water partition coefficient (Wildman–Crippen LogP) is 4.17. The number of azo groups is 1. The molecule has 3 aromatic rings. The Balaban J connectivity index is 1.98. The van der Waals surface area contributed by atoms with Gasteiger partial charge in [-0.25, -0.2) is 4.98 Å². The minimum Gasteiger partial charge on any atom is -0.497 e. The summed E-state index contributed by atoms with van der Waals surface area (Å²) in [5, 5.41) is 8.63. The fraction of sp³-hybridized carbons (Fsp3) is 0.263. The Hall–Kier alpha value is -3.22. The molecule has 2 aromatic heterocycles. The van der Waals surface area contributed by atoms with E-state index in [9.17, 15) is 4.79 Å². The number of pyridine rings is 1. The Morgan fingerprint density at radius 2 is 1.92 bits per heavy atom. The van der Waals surface area contributed by atoms with Crippen molar-refractivity contribution in [2.45, 2.75) is 20.3 Å². The number of hydrogen-bond acceptors (Lipinski definition) is 6. The highest BCUT2D eigenvalue weighted by Gasteiger charge is 2.16. The maximum Gasteiger partial charge on any atom is 0.312 e. The lowest BCUT2D eigenvalue weighted by Gasteiger charge is -2.01. The quantitative estimate of drug-likeness (QED) is 0.493. The first-order valence-corrected chi connectivity index (χ1v) is 8.29. The second-order valence-corrected chi connectivity index (χ2v) is 5.70. The van der Waals surface area contributed by atoms with E-state index in [0.717, 1.165) is 11.3 Å². The Labute approximate surface area is 151 Å². The van der Waals surface area contributed by atoms with Gasteiger partial charge in [-0.1, -0.05) is 6.07 Å². The first-order chi connectivity index (χ1) is 12.6. The highest BCUT2D eigenvalue weighted by Crippen LogP contribution is 2.26. The fourth-order valence-corrected chi connectivity index (χ4v) is 2.51. The minimum absolute atomic E-state index is 0.0472. The molecule has 0 radical (unpaired) electrons. The Kier molecular flexibility index (Phi) is 5.26. The van der Waals surface area contributed by atoms with Gasteiger partial charge in [0.05, 0.1) is 31.5 Å². The third kappa shape index (κ3) is 3.88. The van der Waals surface area contributed by atoms with Gasteiger partial charge in [-0.15, -0.1) is 10.2 Å². The van der Waals surface area contributed by atoms with Gasteiger partial charge in [0.15, 0.2) is 5.82 Å². The smallest absolute Gasteiger partial charge is 0.312 e. The van der Waals surface area contributed by atoms with Crippen LogP contribution in [-0.4, -0.2) is 29.1 Å². The highest BCUT2D eigenvalue weighted by atomic mass is 16.5. The average molecular weight is 352 g/mol. The van der Waals surface area contributed by atoms with E-state index in [-0.39, 0.29) is 12.4 Å². The van der Waals surface area contributed by atoms with Crippen molar-refractivity contribution in [1.29, 1.82) is 0 Å². The zero-order chi connectivity index (χ0) is 18.5. The number of methoxy groups -OCH3 is 1. The number of ether oxygens (including phenoxy) is 2. The molecule has 3 rings (SSSR count). The zero-order valence-electron chi connectivity index (χ0n) is 15.0. The molecule has 0 saturated carbocycles. The lowest BCUT2D eigenvalue weighted by Crippen LogP contribution is -2.07. The zero-order valence-corrected chi connectivity index (χ0v) is 15.0. The predicted molar refractivity (Wildman–Crippen MR) is 97.4 cm³/mol. The first-order valence-electron chi connectivity index (χ1n) is 8.29. The van der Waals surface area contributed by atoms with Gasteiger partial charge in [-0.3, -0.25) is 9.20 Å². The topological polar surface area (TPSA) is 77.5 Å². The van der Waals surface area contributed by atoms with Crippen molar-refractivity contribution in [3.05, 3.63) is 53.9 Å². The number of aromatic nitrogens is 2. The molecule has 0 aliphatic rings. The van der Waals surface area contributed by atoms with Crippen LogP contribution in [0.15, 0.2) is 52.8 Å². The summed E-state index contributed by atoms with van der Waals surface area (Å²) in [5.74, 6) is 0.929. The van der Waals surface area contributed by atoms with Gasteiger partial charge in [0.2, 0.25) is 0 Å². The van der Waals surface area contributed by atoms with Crippen LogP contribution in [0.2, 0.25) is 0 Å². The van der Waals surface area contributed by atoms with Crippen LogP contribution in [0.3, 0.4) is 0 Å². The molecule has 0 bridgehead atoms. The number of esters is 1. The number of carbonyl (C=O) groups is 1. The third-order valence-corrected chi connectivity index (χ3v) is 3.76. The number of rotatable bonds is 6. The van der Waals surface area contributed by atoms with E-state index in [1.54, 1.807) is 14.0 Å². The van der Waals surface area contributed by atoms with Crippen LogP contribution in [0.4, 0.5) is 11.5 Å². The SMILES string of the molecule is CCOC(=O)Cc1nc2ccc(C)cn2c1N=Nc1ccc(OC)cc1. The van der Waals surface area contributed by atoms with Crippen LogP contribution in [0, 0.1) is 6.92 Å². The molecule has 7 nitrogen and oxygen atoms in total. The molecular weight excluding hydrogens is 332 g/mol. The molecule has 134 valence electrons. The van der Waals surface area contributed by atoms with Crippen molar-refractivity contribution in [1.82, 2.24) is 9.38 Å². The average Bonchev–Trinajstić information content (AvgIpc) is 2.96. The number of benzene rings is 1. The molecule has 0 spiro atoms. The van der Waals surface area contributed by atoms with Crippen molar-refractivity contribution >= 4 is 23.1 Å². The van der Waals surface area contributed by atoms with Crippen LogP contribution in [0.5, 0.6) is 5.75 Å². The summed E-state index contributed by atoms with van der Waals surface area (Å²) in [7, 11) is 1.61. The second-order valence-electron chi connectivity index (χ2n) is 5.70. The standard InChI is InChI=1S/C19H20N4O3/c1-4-26-18(24)11-16-19(23-12-13(2)5-10-17(23)20-16)22-21-14-6-8-15(25-3)9-7-14/h5-10,12H,4,11H2,1-3H3. The molecule has 0 fully saturated rings. The van der Waals surface area contributed by atoms with E-state index in [4.69, 9.17) is 9.47 Å². The molecule has 7 heteroatoms. The van der Waals surface area contributed by atoms with E-state index in [1.165, 1.54) is 0 Å². The molecule has 0 aliphatic heterocycles. The Bertz CT molecular complexity index is 945.